The van der Waals surface area contributed by atoms with Crippen LogP contribution in [0.15, 0.2) is 0 Å². The average Bonchev–Trinajstić information content (AvgIpc) is 2.03. The monoisotopic (exact) mass is 191 g/mol. The molecule has 3 nitrogen and oxygen atoms in total. The van der Waals surface area contributed by atoms with E-state index in [1.165, 1.54) is 0 Å². The van der Waals surface area contributed by atoms with E-state index in [2.05, 4.69) is 6.92 Å². The molecular weight excluding hydrogens is 174 g/mol. The zero-order valence-corrected chi connectivity index (χ0v) is 8.76. The SMILES string of the molecule is CCCCN1[C@H](C)[C@@H](C)S1(=O)=O. The van der Waals surface area contributed by atoms with Crippen LogP contribution in [0.4, 0.5) is 0 Å². The van der Waals surface area contributed by atoms with Crippen molar-refractivity contribution in [2.24, 2.45) is 0 Å². The second-order valence-electron chi connectivity index (χ2n) is 3.45. The van der Waals surface area contributed by atoms with E-state index in [-0.39, 0.29) is 11.3 Å². The molecule has 1 aliphatic rings. The third kappa shape index (κ3) is 1.38. The molecule has 0 radical (unpaired) electrons. The van der Waals surface area contributed by atoms with Gasteiger partial charge in [-0.15, -0.1) is 0 Å². The molecule has 1 fully saturated rings. The lowest BCUT2D eigenvalue weighted by molar-refractivity contribution is 0.266. The fourth-order valence-corrected chi connectivity index (χ4v) is 3.42. The summed E-state index contributed by atoms with van der Waals surface area (Å²) in [5, 5.41) is -0.172. The van der Waals surface area contributed by atoms with Gasteiger partial charge in [0.2, 0.25) is 10.0 Å². The summed E-state index contributed by atoms with van der Waals surface area (Å²) in [5.41, 5.74) is 0. The Morgan fingerprint density at radius 2 is 1.92 bits per heavy atom. The smallest absolute Gasteiger partial charge is 0.212 e. The first-order valence-corrected chi connectivity index (χ1v) is 6.02. The lowest BCUT2D eigenvalue weighted by atomic mass is 10.2. The van der Waals surface area contributed by atoms with Crippen LogP contribution in [-0.4, -0.2) is 30.6 Å². The van der Waals surface area contributed by atoms with E-state index in [4.69, 9.17) is 0 Å². The zero-order valence-electron chi connectivity index (χ0n) is 7.95. The van der Waals surface area contributed by atoms with Crippen molar-refractivity contribution in [1.82, 2.24) is 4.31 Å². The zero-order chi connectivity index (χ0) is 9.35. The Kier molecular flexibility index (Phi) is 2.78. The van der Waals surface area contributed by atoms with Gasteiger partial charge in [0.05, 0.1) is 5.25 Å². The van der Waals surface area contributed by atoms with Crippen molar-refractivity contribution >= 4 is 10.0 Å². The summed E-state index contributed by atoms with van der Waals surface area (Å²) in [5.74, 6) is 0. The molecule has 0 N–H and O–H groups in total. The van der Waals surface area contributed by atoms with Gasteiger partial charge in [-0.05, 0) is 20.3 Å². The molecule has 0 bridgehead atoms. The maximum atomic E-state index is 11.4. The molecule has 1 saturated heterocycles. The third-order valence-corrected chi connectivity index (χ3v) is 5.16. The number of unbranched alkanes of at least 4 members (excludes halogenated alkanes) is 1. The van der Waals surface area contributed by atoms with Crippen LogP contribution in [0, 0.1) is 0 Å². The minimum Gasteiger partial charge on any atom is -0.212 e. The van der Waals surface area contributed by atoms with E-state index in [0.29, 0.717) is 6.54 Å². The molecule has 0 aromatic rings. The highest BCUT2D eigenvalue weighted by Gasteiger charge is 2.47. The molecule has 0 aromatic carbocycles. The van der Waals surface area contributed by atoms with Crippen LogP contribution in [-0.2, 0) is 10.0 Å². The van der Waals surface area contributed by atoms with Crippen LogP contribution < -0.4 is 0 Å². The second kappa shape index (κ2) is 3.34. The summed E-state index contributed by atoms with van der Waals surface area (Å²) in [6.45, 7) is 6.52. The van der Waals surface area contributed by atoms with Gasteiger partial charge >= 0.3 is 0 Å². The van der Waals surface area contributed by atoms with Gasteiger partial charge in [0.15, 0.2) is 0 Å². The molecule has 1 heterocycles. The molecule has 0 spiro atoms. The minimum absolute atomic E-state index is 0.172. The highest BCUT2D eigenvalue weighted by molar-refractivity contribution is 7.91. The van der Waals surface area contributed by atoms with Crippen molar-refractivity contribution in [3.63, 3.8) is 0 Å². The van der Waals surface area contributed by atoms with Gasteiger partial charge in [0.25, 0.3) is 0 Å². The van der Waals surface area contributed by atoms with Gasteiger partial charge in [-0.2, -0.15) is 4.31 Å². The van der Waals surface area contributed by atoms with Crippen molar-refractivity contribution in [2.45, 2.75) is 44.9 Å². The van der Waals surface area contributed by atoms with Gasteiger partial charge in [-0.1, -0.05) is 13.3 Å². The van der Waals surface area contributed by atoms with Gasteiger partial charge in [-0.3, -0.25) is 0 Å². The summed E-state index contributed by atoms with van der Waals surface area (Å²) < 4.78 is 24.4. The maximum Gasteiger partial charge on any atom is 0.218 e. The largest absolute Gasteiger partial charge is 0.218 e. The van der Waals surface area contributed by atoms with Crippen molar-refractivity contribution in [2.75, 3.05) is 6.54 Å². The average molecular weight is 191 g/mol. The molecule has 0 aliphatic carbocycles. The first kappa shape index (κ1) is 9.99. The fourth-order valence-electron chi connectivity index (χ4n) is 1.51. The first-order valence-electron chi connectivity index (χ1n) is 4.52. The van der Waals surface area contributed by atoms with Gasteiger partial charge in [0, 0.05) is 12.6 Å². The maximum absolute atomic E-state index is 11.4. The number of nitrogens with zero attached hydrogens (tertiary/aromatic N) is 1. The highest BCUT2D eigenvalue weighted by atomic mass is 32.2. The Morgan fingerprint density at radius 1 is 1.33 bits per heavy atom. The summed E-state index contributed by atoms with van der Waals surface area (Å²) in [4.78, 5) is 0. The number of hydrogen-bond acceptors (Lipinski definition) is 2. The van der Waals surface area contributed by atoms with E-state index >= 15 is 0 Å². The van der Waals surface area contributed by atoms with Crippen LogP contribution >= 0.6 is 0 Å². The molecule has 1 rings (SSSR count). The molecule has 0 aromatic heterocycles. The topological polar surface area (TPSA) is 37.4 Å². The molecule has 1 aliphatic heterocycles. The van der Waals surface area contributed by atoms with Crippen LogP contribution in [0.5, 0.6) is 0 Å². The van der Waals surface area contributed by atoms with Crippen LogP contribution in [0.1, 0.15) is 33.6 Å². The van der Waals surface area contributed by atoms with Crippen LogP contribution in [0.3, 0.4) is 0 Å². The first-order chi connectivity index (χ1) is 5.51. The predicted molar refractivity (Wildman–Crippen MR) is 49.5 cm³/mol. The molecule has 2 atom stereocenters. The van der Waals surface area contributed by atoms with Gasteiger partial charge in [0.1, 0.15) is 0 Å². The Hall–Kier alpha value is -0.0900. The lowest BCUT2D eigenvalue weighted by Gasteiger charge is -2.43. The summed E-state index contributed by atoms with van der Waals surface area (Å²) in [6.07, 6.45) is 2.02. The van der Waals surface area contributed by atoms with Crippen molar-refractivity contribution in [1.29, 1.82) is 0 Å². The minimum atomic E-state index is -2.89. The molecule has 72 valence electrons. The Balaban J connectivity index is 2.56. The predicted octanol–water partition coefficient (Wildman–Crippen LogP) is 1.21. The third-order valence-electron chi connectivity index (χ3n) is 2.66. The Morgan fingerprint density at radius 3 is 2.33 bits per heavy atom. The molecule has 0 saturated carbocycles. The van der Waals surface area contributed by atoms with Gasteiger partial charge in [-0.25, -0.2) is 8.42 Å². The normalized spacial score (nSPS) is 34.6. The van der Waals surface area contributed by atoms with E-state index in [9.17, 15) is 8.42 Å². The molecule has 0 amide bonds. The molecular formula is C8H17NO2S. The van der Waals surface area contributed by atoms with Crippen LogP contribution in [0.25, 0.3) is 0 Å². The summed E-state index contributed by atoms with van der Waals surface area (Å²) in [7, 11) is -2.89. The van der Waals surface area contributed by atoms with Crippen molar-refractivity contribution in [3.8, 4) is 0 Å². The Bertz CT molecular complexity index is 248. The lowest BCUT2D eigenvalue weighted by Crippen LogP contribution is -2.61. The van der Waals surface area contributed by atoms with E-state index in [1.807, 2.05) is 6.92 Å². The molecule has 12 heavy (non-hydrogen) atoms. The number of sulfonamides is 1. The summed E-state index contributed by atoms with van der Waals surface area (Å²) >= 11 is 0. The standard InChI is InChI=1S/C8H17NO2S/c1-4-5-6-9-7(2)8(3)12(9,10)11/h7-8H,4-6H2,1-3H3/t7-,8-/m1/s1. The van der Waals surface area contributed by atoms with E-state index in [0.717, 1.165) is 12.8 Å². The highest BCUT2D eigenvalue weighted by Crippen LogP contribution is 2.29. The van der Waals surface area contributed by atoms with E-state index in [1.54, 1.807) is 11.2 Å². The number of rotatable bonds is 3. The van der Waals surface area contributed by atoms with Crippen LogP contribution in [0.2, 0.25) is 0 Å². The number of hydrogen-bond donors (Lipinski definition) is 0. The van der Waals surface area contributed by atoms with Crippen molar-refractivity contribution in [3.05, 3.63) is 0 Å². The molecule has 4 heteroatoms. The molecule has 0 unspecified atom stereocenters. The Labute approximate surface area is 74.8 Å². The second-order valence-corrected chi connectivity index (χ2v) is 5.70. The van der Waals surface area contributed by atoms with Crippen molar-refractivity contribution < 1.29 is 8.42 Å². The fraction of sp³-hybridized carbons (Fsp3) is 1.00. The summed E-state index contributed by atoms with van der Waals surface area (Å²) in [6, 6.07) is 0.210. The van der Waals surface area contributed by atoms with E-state index < -0.39 is 10.0 Å². The van der Waals surface area contributed by atoms with Gasteiger partial charge < -0.3 is 0 Å². The quantitative estimate of drug-likeness (QED) is 0.672.